The minimum Gasteiger partial charge on any atom is -0.462 e. The van der Waals surface area contributed by atoms with Crippen LogP contribution in [-0.4, -0.2) is 34.6 Å². The van der Waals surface area contributed by atoms with Gasteiger partial charge in [0, 0.05) is 54.4 Å². The van der Waals surface area contributed by atoms with Crippen LogP contribution in [0, 0.1) is 5.82 Å². The minimum absolute atomic E-state index is 0.229. The summed E-state index contributed by atoms with van der Waals surface area (Å²) in [6.45, 7) is 3.06. The number of ether oxygens (including phenoxy) is 1. The molecule has 1 aliphatic heterocycles. The van der Waals surface area contributed by atoms with Crippen molar-refractivity contribution in [2.45, 2.75) is 19.9 Å². The Hall–Kier alpha value is -3.35. The summed E-state index contributed by atoms with van der Waals surface area (Å²) in [5, 5.41) is 3.71. The average molecular weight is 395 g/mol. The van der Waals surface area contributed by atoms with E-state index in [-0.39, 0.29) is 11.8 Å². The predicted molar refractivity (Wildman–Crippen MR) is 108 cm³/mol. The number of anilines is 1. The van der Waals surface area contributed by atoms with Crippen LogP contribution in [0.2, 0.25) is 0 Å². The molecule has 0 bridgehead atoms. The molecule has 29 heavy (non-hydrogen) atoms. The fourth-order valence-electron chi connectivity index (χ4n) is 3.83. The van der Waals surface area contributed by atoms with Gasteiger partial charge in [0.1, 0.15) is 5.82 Å². The highest BCUT2D eigenvalue weighted by molar-refractivity contribution is 5.93. The van der Waals surface area contributed by atoms with Crippen molar-refractivity contribution in [3.8, 4) is 0 Å². The molecule has 0 aliphatic carbocycles. The van der Waals surface area contributed by atoms with Crippen molar-refractivity contribution >= 4 is 28.6 Å². The number of hydrogen-bond donors (Lipinski definition) is 1. The van der Waals surface area contributed by atoms with Crippen LogP contribution >= 0.6 is 0 Å². The smallest absolute Gasteiger partial charge is 0.338 e. The number of carbonyl (C=O) groups is 2. The molecule has 0 fully saturated rings. The summed E-state index contributed by atoms with van der Waals surface area (Å²) in [5.41, 5.74) is 4.12. The lowest BCUT2D eigenvalue weighted by Gasteiger charge is -2.28. The Morgan fingerprint density at radius 3 is 2.66 bits per heavy atom. The molecule has 0 saturated carbocycles. The molecule has 3 aromatic rings. The van der Waals surface area contributed by atoms with Crippen LogP contribution in [0.1, 0.15) is 28.5 Å². The van der Waals surface area contributed by atoms with Crippen molar-refractivity contribution in [2.75, 3.05) is 18.5 Å². The van der Waals surface area contributed by atoms with Crippen LogP contribution < -0.4 is 5.32 Å². The predicted octanol–water partition coefficient (Wildman–Crippen LogP) is 4.08. The first-order chi connectivity index (χ1) is 14.0. The Bertz CT molecular complexity index is 1090. The zero-order valence-electron chi connectivity index (χ0n) is 16.4. The number of aryl methyl sites for hydroxylation is 1. The standard InChI is InChI=1S/C22H22FN3O3/c1-3-29-21(27)14-4-7-16(8-5-14)24-22(28)26-11-10-20-18(13-26)17-12-15(23)6-9-19(17)25(20)2/h4-9,12H,3,10-11,13H2,1-2H3,(H,24,28). The van der Waals surface area contributed by atoms with Gasteiger partial charge in [-0.2, -0.15) is 0 Å². The third kappa shape index (κ3) is 3.55. The number of carbonyl (C=O) groups excluding carboxylic acids is 2. The molecule has 2 amide bonds. The van der Waals surface area contributed by atoms with Crippen molar-refractivity contribution in [2.24, 2.45) is 7.05 Å². The third-order valence-electron chi connectivity index (χ3n) is 5.30. The number of urea groups is 1. The summed E-state index contributed by atoms with van der Waals surface area (Å²) in [5.74, 6) is -0.675. The Kier molecular flexibility index (Phi) is 4.96. The van der Waals surface area contributed by atoms with Crippen LogP contribution in [0.5, 0.6) is 0 Å². The van der Waals surface area contributed by atoms with Crippen molar-refractivity contribution in [1.29, 1.82) is 0 Å². The zero-order chi connectivity index (χ0) is 20.5. The molecule has 0 saturated heterocycles. The number of hydrogen-bond acceptors (Lipinski definition) is 3. The van der Waals surface area contributed by atoms with Gasteiger partial charge in [0.2, 0.25) is 0 Å². The molecule has 2 aromatic carbocycles. The number of nitrogens with one attached hydrogen (secondary N) is 1. The Morgan fingerprint density at radius 2 is 1.93 bits per heavy atom. The molecule has 0 spiro atoms. The number of amides is 2. The van der Waals surface area contributed by atoms with Gasteiger partial charge in [0.15, 0.2) is 0 Å². The number of esters is 1. The summed E-state index contributed by atoms with van der Waals surface area (Å²) in [6.07, 6.45) is 0.706. The number of rotatable bonds is 3. The van der Waals surface area contributed by atoms with Crippen molar-refractivity contribution < 1.29 is 18.7 Å². The second-order valence-corrected chi connectivity index (χ2v) is 7.05. The number of halogens is 1. The molecule has 2 heterocycles. The monoisotopic (exact) mass is 395 g/mol. The fourth-order valence-corrected chi connectivity index (χ4v) is 3.83. The van der Waals surface area contributed by atoms with E-state index in [1.165, 1.54) is 12.1 Å². The van der Waals surface area contributed by atoms with Crippen molar-refractivity contribution in [3.63, 3.8) is 0 Å². The molecule has 0 atom stereocenters. The third-order valence-corrected chi connectivity index (χ3v) is 5.30. The van der Waals surface area contributed by atoms with Gasteiger partial charge in [-0.05, 0) is 49.4 Å². The van der Waals surface area contributed by atoms with E-state index in [9.17, 15) is 14.0 Å². The average Bonchev–Trinajstić information content (AvgIpc) is 3.00. The van der Waals surface area contributed by atoms with Crippen molar-refractivity contribution in [1.82, 2.24) is 9.47 Å². The second-order valence-electron chi connectivity index (χ2n) is 7.05. The van der Waals surface area contributed by atoms with Crippen LogP contribution in [0.15, 0.2) is 42.5 Å². The normalized spacial score (nSPS) is 13.3. The largest absolute Gasteiger partial charge is 0.462 e. The van der Waals surface area contributed by atoms with Crippen LogP contribution in [0.4, 0.5) is 14.9 Å². The fraction of sp³-hybridized carbons (Fsp3) is 0.273. The highest BCUT2D eigenvalue weighted by atomic mass is 19.1. The first-order valence-corrected chi connectivity index (χ1v) is 9.56. The van der Waals surface area contributed by atoms with Crippen LogP contribution in [0.3, 0.4) is 0 Å². The summed E-state index contributed by atoms with van der Waals surface area (Å²) in [6, 6.07) is 11.1. The minimum atomic E-state index is -0.392. The maximum Gasteiger partial charge on any atom is 0.338 e. The Balaban J connectivity index is 1.50. The maximum atomic E-state index is 13.8. The first kappa shape index (κ1) is 19.0. The highest BCUT2D eigenvalue weighted by Gasteiger charge is 2.26. The lowest BCUT2D eigenvalue weighted by Crippen LogP contribution is -2.39. The molecular weight excluding hydrogens is 373 g/mol. The van der Waals surface area contributed by atoms with Gasteiger partial charge in [-0.1, -0.05) is 0 Å². The van der Waals surface area contributed by atoms with Gasteiger partial charge < -0.3 is 19.5 Å². The summed E-state index contributed by atoms with van der Waals surface area (Å²) in [4.78, 5) is 26.2. The number of nitrogens with zero attached hydrogens (tertiary/aromatic N) is 2. The molecule has 0 unspecified atom stereocenters. The van der Waals surface area contributed by atoms with E-state index in [0.29, 0.717) is 37.4 Å². The van der Waals surface area contributed by atoms with Crippen LogP contribution in [-0.2, 0) is 24.8 Å². The Morgan fingerprint density at radius 1 is 1.17 bits per heavy atom. The molecule has 7 heteroatoms. The van der Waals surface area contributed by atoms with E-state index in [1.54, 1.807) is 42.2 Å². The summed E-state index contributed by atoms with van der Waals surface area (Å²) >= 11 is 0. The maximum absolute atomic E-state index is 13.8. The highest BCUT2D eigenvalue weighted by Crippen LogP contribution is 2.31. The van der Waals surface area contributed by atoms with Gasteiger partial charge in [0.05, 0.1) is 12.2 Å². The van der Waals surface area contributed by atoms with Crippen molar-refractivity contribution in [3.05, 3.63) is 65.1 Å². The molecule has 150 valence electrons. The molecular formula is C22H22FN3O3. The second kappa shape index (κ2) is 7.58. The van der Waals surface area contributed by atoms with E-state index >= 15 is 0 Å². The molecule has 1 aliphatic rings. The number of fused-ring (bicyclic) bond motifs is 3. The Labute approximate surface area is 167 Å². The molecule has 1 N–H and O–H groups in total. The lowest BCUT2D eigenvalue weighted by molar-refractivity contribution is 0.0526. The SMILES string of the molecule is CCOC(=O)c1ccc(NC(=O)N2CCc3c(c4cc(F)ccc4n3C)C2)cc1. The van der Waals surface area contributed by atoms with E-state index < -0.39 is 5.97 Å². The zero-order valence-corrected chi connectivity index (χ0v) is 16.4. The van der Waals surface area contributed by atoms with E-state index in [4.69, 9.17) is 4.74 Å². The molecule has 4 rings (SSSR count). The topological polar surface area (TPSA) is 63.6 Å². The number of aromatic nitrogens is 1. The quantitative estimate of drug-likeness (QED) is 0.680. The van der Waals surface area contributed by atoms with Gasteiger partial charge in [-0.25, -0.2) is 14.0 Å². The van der Waals surface area contributed by atoms with E-state index in [2.05, 4.69) is 9.88 Å². The number of benzene rings is 2. The summed E-state index contributed by atoms with van der Waals surface area (Å²) in [7, 11) is 1.97. The van der Waals surface area contributed by atoms with Crippen LogP contribution in [0.25, 0.3) is 10.9 Å². The molecule has 6 nitrogen and oxygen atoms in total. The van der Waals surface area contributed by atoms with Gasteiger partial charge in [-0.15, -0.1) is 0 Å². The summed E-state index contributed by atoms with van der Waals surface area (Å²) < 4.78 is 20.8. The van der Waals surface area contributed by atoms with E-state index in [0.717, 1.165) is 22.2 Å². The van der Waals surface area contributed by atoms with E-state index in [1.807, 2.05) is 7.05 Å². The van der Waals surface area contributed by atoms with Gasteiger partial charge >= 0.3 is 12.0 Å². The van der Waals surface area contributed by atoms with Gasteiger partial charge in [-0.3, -0.25) is 0 Å². The lowest BCUT2D eigenvalue weighted by atomic mass is 10.0. The first-order valence-electron chi connectivity index (χ1n) is 9.56. The molecule has 0 radical (unpaired) electrons. The molecule has 1 aromatic heterocycles. The van der Waals surface area contributed by atoms with Gasteiger partial charge in [0.25, 0.3) is 0 Å².